The van der Waals surface area contributed by atoms with E-state index in [1.54, 1.807) is 0 Å². The molecule has 0 aromatic rings. The quantitative estimate of drug-likeness (QED) is 0.607. The van der Waals surface area contributed by atoms with Crippen molar-refractivity contribution < 1.29 is 0 Å². The average molecular weight is 144 g/mol. The fourth-order valence-corrected chi connectivity index (χ4v) is 1.10. The highest BCUT2D eigenvalue weighted by atomic mass is 14.6. The van der Waals surface area contributed by atoms with Crippen molar-refractivity contribution >= 4 is 0 Å². The summed E-state index contributed by atoms with van der Waals surface area (Å²) < 4.78 is 0. The summed E-state index contributed by atoms with van der Waals surface area (Å²) >= 11 is 0. The molecule has 0 amide bonds. The molecule has 4 N–H and O–H groups in total. The fourth-order valence-electron chi connectivity index (χ4n) is 1.10. The Morgan fingerprint density at radius 1 is 1.40 bits per heavy atom. The van der Waals surface area contributed by atoms with E-state index in [0.29, 0.717) is 12.0 Å². The van der Waals surface area contributed by atoms with Gasteiger partial charge in [0.05, 0.1) is 0 Å². The highest BCUT2D eigenvalue weighted by Crippen LogP contribution is 2.06. The normalized spacial score (nSPS) is 16.8. The summed E-state index contributed by atoms with van der Waals surface area (Å²) in [5.74, 6) is 0.585. The predicted octanol–water partition coefficient (Wildman–Crippen LogP) is 1.10. The molecule has 0 aliphatic heterocycles. The lowest BCUT2D eigenvalue weighted by Gasteiger charge is -2.14. The van der Waals surface area contributed by atoms with Gasteiger partial charge in [-0.1, -0.05) is 20.3 Å². The minimum Gasteiger partial charge on any atom is -0.330 e. The summed E-state index contributed by atoms with van der Waals surface area (Å²) in [5, 5.41) is 0. The van der Waals surface area contributed by atoms with E-state index in [0.717, 1.165) is 19.4 Å². The van der Waals surface area contributed by atoms with Crippen molar-refractivity contribution in [1.29, 1.82) is 0 Å². The van der Waals surface area contributed by atoms with Gasteiger partial charge in [-0.3, -0.25) is 0 Å². The average Bonchev–Trinajstić information content (AvgIpc) is 1.88. The maximum atomic E-state index is 5.81. The van der Waals surface area contributed by atoms with Crippen LogP contribution in [0.5, 0.6) is 0 Å². The summed E-state index contributed by atoms with van der Waals surface area (Å²) in [6.07, 6.45) is 3.38. The second-order valence-electron chi connectivity index (χ2n) is 3.13. The van der Waals surface area contributed by atoms with Crippen molar-refractivity contribution in [2.75, 3.05) is 6.54 Å². The van der Waals surface area contributed by atoms with Crippen molar-refractivity contribution in [3.8, 4) is 0 Å². The van der Waals surface area contributed by atoms with Gasteiger partial charge in [0.2, 0.25) is 0 Å². The van der Waals surface area contributed by atoms with E-state index in [4.69, 9.17) is 11.5 Å². The number of rotatable bonds is 5. The minimum absolute atomic E-state index is 0.364. The zero-order valence-corrected chi connectivity index (χ0v) is 7.14. The second-order valence-corrected chi connectivity index (χ2v) is 3.13. The molecule has 0 aromatic heterocycles. The van der Waals surface area contributed by atoms with Crippen molar-refractivity contribution in [2.24, 2.45) is 17.4 Å². The maximum Gasteiger partial charge on any atom is 0.00417 e. The van der Waals surface area contributed by atoms with Gasteiger partial charge in [0.1, 0.15) is 0 Å². The molecule has 2 nitrogen and oxygen atoms in total. The third-order valence-electron chi connectivity index (χ3n) is 1.77. The maximum absolute atomic E-state index is 5.81. The molecule has 0 radical (unpaired) electrons. The monoisotopic (exact) mass is 144 g/mol. The first-order valence-electron chi connectivity index (χ1n) is 4.16. The topological polar surface area (TPSA) is 52.0 Å². The summed E-state index contributed by atoms with van der Waals surface area (Å²) in [6, 6.07) is 0.364. The molecule has 0 bridgehead atoms. The molecule has 0 rings (SSSR count). The van der Waals surface area contributed by atoms with Gasteiger partial charge in [0.25, 0.3) is 0 Å². The van der Waals surface area contributed by atoms with Crippen LogP contribution in [0.3, 0.4) is 0 Å². The molecule has 0 aromatic carbocycles. The van der Waals surface area contributed by atoms with Crippen LogP contribution in [0.2, 0.25) is 0 Å². The lowest BCUT2D eigenvalue weighted by molar-refractivity contribution is 0.450. The first-order chi connectivity index (χ1) is 4.70. The summed E-state index contributed by atoms with van der Waals surface area (Å²) in [5.41, 5.74) is 11.3. The third kappa shape index (κ3) is 4.77. The molecule has 62 valence electrons. The van der Waals surface area contributed by atoms with Crippen molar-refractivity contribution in [2.45, 2.75) is 39.2 Å². The Hall–Kier alpha value is -0.0800. The molecule has 10 heavy (non-hydrogen) atoms. The van der Waals surface area contributed by atoms with Crippen LogP contribution in [0.15, 0.2) is 0 Å². The predicted molar refractivity (Wildman–Crippen MR) is 45.7 cm³/mol. The Bertz CT molecular complexity index is 73.7. The van der Waals surface area contributed by atoms with Gasteiger partial charge >= 0.3 is 0 Å². The van der Waals surface area contributed by atoms with Gasteiger partial charge in [-0.2, -0.15) is 0 Å². The minimum atomic E-state index is 0.364. The Balaban J connectivity index is 3.27. The molecule has 0 aliphatic carbocycles. The third-order valence-corrected chi connectivity index (χ3v) is 1.77. The van der Waals surface area contributed by atoms with Crippen LogP contribution in [0.4, 0.5) is 0 Å². The van der Waals surface area contributed by atoms with Crippen LogP contribution in [0, 0.1) is 5.92 Å². The molecular weight excluding hydrogens is 124 g/mol. The largest absolute Gasteiger partial charge is 0.330 e. The van der Waals surface area contributed by atoms with E-state index >= 15 is 0 Å². The molecule has 0 saturated carbocycles. The Kier molecular flexibility index (Phi) is 5.64. The van der Waals surface area contributed by atoms with Crippen LogP contribution in [-0.2, 0) is 0 Å². The Labute approximate surface area is 64.0 Å². The van der Waals surface area contributed by atoms with Crippen LogP contribution in [-0.4, -0.2) is 12.6 Å². The van der Waals surface area contributed by atoms with Crippen molar-refractivity contribution in [1.82, 2.24) is 0 Å². The molecule has 2 atom stereocenters. The van der Waals surface area contributed by atoms with Crippen LogP contribution >= 0.6 is 0 Å². The lowest BCUT2D eigenvalue weighted by atomic mass is 10.00. The second kappa shape index (κ2) is 5.69. The Morgan fingerprint density at radius 2 is 2.00 bits per heavy atom. The van der Waals surface area contributed by atoms with Gasteiger partial charge in [-0.05, 0) is 25.3 Å². The summed E-state index contributed by atoms with van der Waals surface area (Å²) in [6.45, 7) is 5.07. The molecular formula is C8H20N2. The highest BCUT2D eigenvalue weighted by Gasteiger charge is 2.05. The van der Waals surface area contributed by atoms with E-state index in [1.807, 2.05) is 0 Å². The zero-order chi connectivity index (χ0) is 7.98. The molecule has 2 heteroatoms. The first-order valence-corrected chi connectivity index (χ1v) is 4.16. The van der Waals surface area contributed by atoms with Crippen LogP contribution in [0.1, 0.15) is 33.1 Å². The molecule has 0 fully saturated rings. The fraction of sp³-hybridized carbons (Fsp3) is 1.00. The molecule has 0 spiro atoms. The zero-order valence-electron chi connectivity index (χ0n) is 7.14. The molecule has 0 aliphatic rings. The van der Waals surface area contributed by atoms with E-state index in [2.05, 4.69) is 13.8 Å². The van der Waals surface area contributed by atoms with Gasteiger partial charge in [-0.25, -0.2) is 0 Å². The Morgan fingerprint density at radius 3 is 2.40 bits per heavy atom. The number of hydrogen-bond donors (Lipinski definition) is 2. The summed E-state index contributed by atoms with van der Waals surface area (Å²) in [4.78, 5) is 0. The van der Waals surface area contributed by atoms with E-state index in [9.17, 15) is 0 Å². The molecule has 0 saturated heterocycles. The van der Waals surface area contributed by atoms with Crippen LogP contribution in [0.25, 0.3) is 0 Å². The van der Waals surface area contributed by atoms with Crippen molar-refractivity contribution in [3.05, 3.63) is 0 Å². The molecule has 0 heterocycles. The van der Waals surface area contributed by atoms with Gasteiger partial charge in [0, 0.05) is 6.04 Å². The lowest BCUT2D eigenvalue weighted by Crippen LogP contribution is -2.25. The highest BCUT2D eigenvalue weighted by molar-refractivity contribution is 4.65. The number of nitrogens with two attached hydrogens (primary N) is 2. The van der Waals surface area contributed by atoms with E-state index in [1.165, 1.54) is 6.42 Å². The SMILES string of the molecule is CCCC(N)CC(C)CN. The van der Waals surface area contributed by atoms with Gasteiger partial charge in [-0.15, -0.1) is 0 Å². The van der Waals surface area contributed by atoms with Gasteiger partial charge in [0.15, 0.2) is 0 Å². The van der Waals surface area contributed by atoms with Crippen molar-refractivity contribution in [3.63, 3.8) is 0 Å². The standard InChI is InChI=1S/C8H20N2/c1-3-4-8(10)5-7(2)6-9/h7-8H,3-6,9-10H2,1-2H3. The molecule has 2 unspecified atom stereocenters. The van der Waals surface area contributed by atoms with E-state index in [-0.39, 0.29) is 0 Å². The smallest absolute Gasteiger partial charge is 0.00417 e. The van der Waals surface area contributed by atoms with E-state index < -0.39 is 0 Å². The van der Waals surface area contributed by atoms with Gasteiger partial charge < -0.3 is 11.5 Å². The number of hydrogen-bond acceptors (Lipinski definition) is 2. The van der Waals surface area contributed by atoms with Crippen LogP contribution < -0.4 is 11.5 Å². The first kappa shape index (κ1) is 9.92. The summed E-state index contributed by atoms with van der Waals surface area (Å²) in [7, 11) is 0.